The fourth-order valence-corrected chi connectivity index (χ4v) is 3.00. The van der Waals surface area contributed by atoms with Crippen molar-refractivity contribution in [3.63, 3.8) is 0 Å². The van der Waals surface area contributed by atoms with E-state index in [4.69, 9.17) is 0 Å². The lowest BCUT2D eigenvalue weighted by molar-refractivity contribution is 0.0696. The van der Waals surface area contributed by atoms with Crippen LogP contribution in [0.5, 0.6) is 0 Å². The topological polar surface area (TPSA) is 93.4 Å². The number of carboxylic acids is 1. The molecule has 0 aliphatic carbocycles. The van der Waals surface area contributed by atoms with E-state index in [2.05, 4.69) is 15.6 Å². The van der Waals surface area contributed by atoms with E-state index in [0.29, 0.717) is 28.0 Å². The lowest BCUT2D eigenvalue weighted by atomic mass is 9.99. The van der Waals surface area contributed by atoms with E-state index in [1.165, 1.54) is 36.5 Å². The largest absolute Gasteiger partial charge is 0.478 e. The van der Waals surface area contributed by atoms with Crippen molar-refractivity contribution in [2.45, 2.75) is 6.92 Å². The maximum absolute atomic E-state index is 13.7. The van der Waals surface area contributed by atoms with Crippen LogP contribution >= 0.6 is 0 Å². The maximum Gasteiger partial charge on any atom is 0.335 e. The van der Waals surface area contributed by atoms with Gasteiger partial charge in [-0.2, -0.15) is 0 Å². The van der Waals surface area contributed by atoms with E-state index in [0.717, 1.165) is 5.56 Å². The molecule has 1 aromatic heterocycles. The van der Waals surface area contributed by atoms with E-state index in [9.17, 15) is 19.1 Å². The predicted octanol–water partition coefficient (Wildman–Crippen LogP) is 3.85. The molecule has 0 unspecified atom stereocenters. The molecule has 7 heteroatoms. The van der Waals surface area contributed by atoms with Crippen LogP contribution in [0, 0.1) is 12.7 Å². The summed E-state index contributed by atoms with van der Waals surface area (Å²) in [6, 6.07) is 8.71. The number of carbonyl (C=O) groups excluding carboxylic acids is 1. The minimum absolute atomic E-state index is 0.126. The first-order valence-electron chi connectivity index (χ1n) is 8.10. The Morgan fingerprint density at radius 2 is 2.00 bits per heavy atom. The van der Waals surface area contributed by atoms with Gasteiger partial charge in [0, 0.05) is 22.8 Å². The summed E-state index contributed by atoms with van der Waals surface area (Å²) in [7, 11) is 0. The number of carbonyl (C=O) groups is 2. The van der Waals surface area contributed by atoms with Gasteiger partial charge < -0.3 is 10.4 Å². The average molecular weight is 362 g/mol. The Kier molecular flexibility index (Phi) is 3.84. The zero-order chi connectivity index (χ0) is 19.1. The smallest absolute Gasteiger partial charge is 0.335 e. The standard InChI is InChI=1S/C20H13FN3O3/c1-10-2-3-11(20(26)27)8-16(10)24-18-13-6-7-22-19(25)17(13)14-9-12(21)4-5-15(14)23-18/h2-9H,1H3,(H,23,24)(H,26,27). The number of hydrogen-bond acceptors (Lipinski definition) is 4. The number of amides is 1. The molecule has 0 spiro atoms. The zero-order valence-corrected chi connectivity index (χ0v) is 14.2. The second-order valence-electron chi connectivity index (χ2n) is 6.12. The van der Waals surface area contributed by atoms with Crippen LogP contribution in [0.15, 0.2) is 42.6 Å². The van der Waals surface area contributed by atoms with Gasteiger partial charge >= 0.3 is 5.97 Å². The van der Waals surface area contributed by atoms with Gasteiger partial charge in [0.2, 0.25) is 0 Å². The van der Waals surface area contributed by atoms with E-state index in [-0.39, 0.29) is 11.1 Å². The molecule has 4 rings (SSSR count). The third-order valence-corrected chi connectivity index (χ3v) is 4.37. The Labute approximate surface area is 153 Å². The van der Waals surface area contributed by atoms with Gasteiger partial charge in [-0.15, -0.1) is 0 Å². The van der Waals surface area contributed by atoms with Gasteiger partial charge in [0.25, 0.3) is 5.91 Å². The first kappa shape index (κ1) is 16.7. The van der Waals surface area contributed by atoms with E-state index >= 15 is 0 Å². The highest BCUT2D eigenvalue weighted by atomic mass is 19.1. The lowest BCUT2D eigenvalue weighted by Crippen LogP contribution is -2.17. The van der Waals surface area contributed by atoms with E-state index in [1.54, 1.807) is 12.1 Å². The van der Waals surface area contributed by atoms with Crippen molar-refractivity contribution in [2.75, 3.05) is 5.32 Å². The Morgan fingerprint density at radius 3 is 2.78 bits per heavy atom. The van der Waals surface area contributed by atoms with Gasteiger partial charge in [0.15, 0.2) is 0 Å². The van der Waals surface area contributed by atoms with Crippen LogP contribution in [-0.4, -0.2) is 22.0 Å². The van der Waals surface area contributed by atoms with Crippen molar-refractivity contribution in [3.8, 4) is 0 Å². The molecule has 3 aromatic rings. The third kappa shape index (κ3) is 2.89. The quantitative estimate of drug-likeness (QED) is 0.738. The number of aryl methyl sites for hydroxylation is 1. The van der Waals surface area contributed by atoms with Gasteiger partial charge in [-0.05, 0) is 48.9 Å². The van der Waals surface area contributed by atoms with E-state index < -0.39 is 17.7 Å². The number of halogens is 1. The summed E-state index contributed by atoms with van der Waals surface area (Å²) in [5.74, 6) is -1.63. The Balaban J connectivity index is 1.92. The minimum atomic E-state index is -1.05. The Bertz CT molecular complexity index is 1150. The summed E-state index contributed by atoms with van der Waals surface area (Å²) in [4.78, 5) is 28.1. The Morgan fingerprint density at radius 1 is 1.19 bits per heavy atom. The number of hydrogen-bond donors (Lipinski definition) is 2. The molecule has 0 saturated heterocycles. The molecule has 0 saturated carbocycles. The number of benzene rings is 2. The van der Waals surface area contributed by atoms with Crippen molar-refractivity contribution in [3.05, 3.63) is 70.7 Å². The van der Waals surface area contributed by atoms with Crippen molar-refractivity contribution in [1.82, 2.24) is 10.3 Å². The summed E-state index contributed by atoms with van der Waals surface area (Å²) in [5, 5.41) is 16.5. The summed E-state index contributed by atoms with van der Waals surface area (Å²) < 4.78 is 13.7. The minimum Gasteiger partial charge on any atom is -0.478 e. The molecule has 0 atom stereocenters. The molecule has 1 amide bonds. The first-order chi connectivity index (χ1) is 12.9. The summed E-state index contributed by atoms with van der Waals surface area (Å²) >= 11 is 0. The number of aromatic nitrogens is 1. The van der Waals surface area contributed by atoms with Crippen LogP contribution in [0.1, 0.15) is 31.8 Å². The number of anilines is 2. The second kappa shape index (κ2) is 6.21. The number of pyridine rings is 1. The van der Waals surface area contributed by atoms with Gasteiger partial charge in [-0.25, -0.2) is 19.5 Å². The highest BCUT2D eigenvalue weighted by Gasteiger charge is 2.23. The molecule has 2 N–H and O–H groups in total. The van der Waals surface area contributed by atoms with Crippen LogP contribution in [0.25, 0.3) is 17.0 Å². The van der Waals surface area contributed by atoms with Crippen molar-refractivity contribution in [2.24, 2.45) is 0 Å². The van der Waals surface area contributed by atoms with Crippen LogP contribution in [-0.2, 0) is 0 Å². The number of aromatic carboxylic acids is 1. The van der Waals surface area contributed by atoms with Crippen LogP contribution in [0.2, 0.25) is 0 Å². The lowest BCUT2D eigenvalue weighted by Gasteiger charge is -2.18. The average Bonchev–Trinajstić information content (AvgIpc) is 2.64. The molecule has 2 aromatic carbocycles. The van der Waals surface area contributed by atoms with Gasteiger partial charge in [-0.1, -0.05) is 6.07 Å². The fraction of sp³-hybridized carbons (Fsp3) is 0.0500. The summed E-state index contributed by atoms with van der Waals surface area (Å²) in [6.45, 7) is 1.83. The van der Waals surface area contributed by atoms with Crippen molar-refractivity contribution < 1.29 is 19.1 Å². The van der Waals surface area contributed by atoms with Crippen LogP contribution in [0.4, 0.5) is 15.9 Å². The summed E-state index contributed by atoms with van der Waals surface area (Å²) in [6.07, 6.45) is 2.98. The highest BCUT2D eigenvalue weighted by molar-refractivity contribution is 6.12. The number of fused-ring (bicyclic) bond motifs is 3. The SMILES string of the molecule is Cc1ccc(C(=O)O)cc1Nc1nc2ccc(F)cc2c2c1C=C[N]C2=O. The number of rotatable bonds is 3. The zero-order valence-electron chi connectivity index (χ0n) is 14.2. The van der Waals surface area contributed by atoms with Crippen molar-refractivity contribution >= 4 is 40.4 Å². The van der Waals surface area contributed by atoms with Crippen molar-refractivity contribution in [1.29, 1.82) is 0 Å². The molecule has 6 nitrogen and oxygen atoms in total. The monoisotopic (exact) mass is 362 g/mol. The van der Waals surface area contributed by atoms with Crippen LogP contribution in [0.3, 0.4) is 0 Å². The predicted molar refractivity (Wildman–Crippen MR) is 98.6 cm³/mol. The molecular formula is C20H13FN3O3. The molecule has 1 aliphatic heterocycles. The maximum atomic E-state index is 13.7. The fourth-order valence-electron chi connectivity index (χ4n) is 3.00. The molecule has 0 bridgehead atoms. The molecule has 1 radical (unpaired) electrons. The molecule has 133 valence electrons. The number of nitrogens with one attached hydrogen (secondary N) is 1. The molecule has 27 heavy (non-hydrogen) atoms. The summed E-state index contributed by atoms with van der Waals surface area (Å²) in [5.41, 5.74) is 2.66. The molecular weight excluding hydrogens is 349 g/mol. The van der Waals surface area contributed by atoms with E-state index in [1.807, 2.05) is 6.92 Å². The first-order valence-corrected chi connectivity index (χ1v) is 8.10. The Hall–Kier alpha value is -3.74. The van der Waals surface area contributed by atoms with Crippen LogP contribution < -0.4 is 10.6 Å². The third-order valence-electron chi connectivity index (χ3n) is 4.37. The van der Waals surface area contributed by atoms with Gasteiger partial charge in [0.1, 0.15) is 11.6 Å². The highest BCUT2D eigenvalue weighted by Crippen LogP contribution is 2.33. The number of carboxylic acid groups (broad SMARTS) is 1. The molecule has 1 aliphatic rings. The van der Waals surface area contributed by atoms with Gasteiger partial charge in [-0.3, -0.25) is 4.79 Å². The molecule has 0 fully saturated rings. The molecule has 2 heterocycles. The number of nitrogens with zero attached hydrogens (tertiary/aromatic N) is 2. The second-order valence-corrected chi connectivity index (χ2v) is 6.12. The van der Waals surface area contributed by atoms with Gasteiger partial charge in [0.05, 0.1) is 16.6 Å². The normalized spacial score (nSPS) is 12.6.